The third kappa shape index (κ3) is 4.45. The standard InChI is InChI=1S/C14H15NO2Si/c1-11(16)17-14-9-12(10-15)5-6-13(14)7-8-18(2,3)4/h5-6,9H,1-4H3. The first-order chi connectivity index (χ1) is 8.31. The molecule has 0 spiro atoms. The van der Waals surface area contributed by atoms with Crippen LogP contribution in [0.4, 0.5) is 0 Å². The molecule has 0 aromatic heterocycles. The van der Waals surface area contributed by atoms with Gasteiger partial charge in [0.2, 0.25) is 0 Å². The lowest BCUT2D eigenvalue weighted by atomic mass is 10.1. The summed E-state index contributed by atoms with van der Waals surface area (Å²) >= 11 is 0. The minimum atomic E-state index is -1.49. The van der Waals surface area contributed by atoms with Crippen molar-refractivity contribution < 1.29 is 9.53 Å². The fraction of sp³-hybridized carbons (Fsp3) is 0.286. The van der Waals surface area contributed by atoms with Gasteiger partial charge in [0.1, 0.15) is 13.8 Å². The quantitative estimate of drug-likeness (QED) is 0.336. The van der Waals surface area contributed by atoms with Gasteiger partial charge in [0.05, 0.1) is 17.2 Å². The van der Waals surface area contributed by atoms with Gasteiger partial charge in [-0.3, -0.25) is 4.79 Å². The van der Waals surface area contributed by atoms with Crippen LogP contribution < -0.4 is 4.74 Å². The van der Waals surface area contributed by atoms with Crippen molar-refractivity contribution in [2.45, 2.75) is 26.6 Å². The molecule has 0 aliphatic heterocycles. The first-order valence-electron chi connectivity index (χ1n) is 5.57. The molecule has 0 bridgehead atoms. The summed E-state index contributed by atoms with van der Waals surface area (Å²) in [6.07, 6.45) is 0. The lowest BCUT2D eigenvalue weighted by molar-refractivity contribution is -0.131. The van der Waals surface area contributed by atoms with E-state index in [-0.39, 0.29) is 0 Å². The lowest BCUT2D eigenvalue weighted by Gasteiger charge is -2.06. The summed E-state index contributed by atoms with van der Waals surface area (Å²) < 4.78 is 5.08. The summed E-state index contributed by atoms with van der Waals surface area (Å²) in [7, 11) is -1.49. The number of carbonyl (C=O) groups is 1. The number of nitrogens with zero attached hydrogens (tertiary/aromatic N) is 1. The summed E-state index contributed by atoms with van der Waals surface area (Å²) in [4.78, 5) is 11.0. The number of hydrogen-bond donors (Lipinski definition) is 0. The Morgan fingerprint density at radius 1 is 1.33 bits per heavy atom. The minimum absolute atomic E-state index is 0.354. The maximum absolute atomic E-state index is 11.0. The van der Waals surface area contributed by atoms with Crippen LogP contribution in [-0.4, -0.2) is 14.0 Å². The average molecular weight is 257 g/mol. The first-order valence-corrected chi connectivity index (χ1v) is 9.07. The van der Waals surface area contributed by atoms with E-state index < -0.39 is 14.0 Å². The van der Waals surface area contributed by atoms with E-state index in [4.69, 9.17) is 10.00 Å². The number of nitriles is 1. The molecule has 0 unspecified atom stereocenters. The summed E-state index contributed by atoms with van der Waals surface area (Å²) in [6.45, 7) is 7.73. The highest BCUT2D eigenvalue weighted by atomic mass is 28.3. The zero-order chi connectivity index (χ0) is 13.8. The summed E-state index contributed by atoms with van der Waals surface area (Å²) in [5.74, 6) is 2.97. The number of hydrogen-bond acceptors (Lipinski definition) is 3. The monoisotopic (exact) mass is 257 g/mol. The summed E-state index contributed by atoms with van der Waals surface area (Å²) in [6, 6.07) is 6.93. The molecule has 18 heavy (non-hydrogen) atoms. The number of carbonyl (C=O) groups excluding carboxylic acids is 1. The van der Waals surface area contributed by atoms with Gasteiger partial charge in [0.25, 0.3) is 0 Å². The van der Waals surface area contributed by atoms with E-state index in [1.807, 2.05) is 6.07 Å². The van der Waals surface area contributed by atoms with E-state index in [0.29, 0.717) is 16.9 Å². The minimum Gasteiger partial charge on any atom is -0.425 e. The van der Waals surface area contributed by atoms with E-state index in [2.05, 4.69) is 31.1 Å². The molecule has 1 rings (SSSR count). The molecule has 0 amide bonds. The molecule has 0 heterocycles. The van der Waals surface area contributed by atoms with Crippen molar-refractivity contribution in [2.75, 3.05) is 0 Å². The van der Waals surface area contributed by atoms with Crippen molar-refractivity contribution in [3.05, 3.63) is 29.3 Å². The molecule has 0 aliphatic rings. The molecule has 3 nitrogen and oxygen atoms in total. The normalized spacial score (nSPS) is 9.94. The molecule has 0 atom stereocenters. The number of rotatable bonds is 1. The van der Waals surface area contributed by atoms with Crippen LogP contribution in [0.3, 0.4) is 0 Å². The molecular formula is C14H15NO2Si. The van der Waals surface area contributed by atoms with Crippen LogP contribution in [0.1, 0.15) is 18.1 Å². The van der Waals surface area contributed by atoms with Crippen molar-refractivity contribution in [3.8, 4) is 23.3 Å². The van der Waals surface area contributed by atoms with Crippen LogP contribution in [-0.2, 0) is 4.79 Å². The zero-order valence-electron chi connectivity index (χ0n) is 11.0. The molecule has 4 heteroatoms. The van der Waals surface area contributed by atoms with Gasteiger partial charge in [-0.1, -0.05) is 25.6 Å². The van der Waals surface area contributed by atoms with Gasteiger partial charge in [-0.05, 0) is 18.2 Å². The third-order valence-corrected chi connectivity index (χ3v) is 2.81. The maximum atomic E-state index is 11.0. The molecular weight excluding hydrogens is 242 g/mol. The van der Waals surface area contributed by atoms with Gasteiger partial charge >= 0.3 is 5.97 Å². The highest BCUT2D eigenvalue weighted by Crippen LogP contribution is 2.20. The van der Waals surface area contributed by atoms with Crippen LogP contribution in [0.25, 0.3) is 0 Å². The highest BCUT2D eigenvalue weighted by molar-refractivity contribution is 6.83. The Morgan fingerprint density at radius 2 is 2.00 bits per heavy atom. The third-order valence-electron chi connectivity index (χ3n) is 1.94. The zero-order valence-corrected chi connectivity index (χ0v) is 12.0. The Morgan fingerprint density at radius 3 is 2.50 bits per heavy atom. The van der Waals surface area contributed by atoms with Crippen molar-refractivity contribution in [1.29, 1.82) is 5.26 Å². The van der Waals surface area contributed by atoms with Crippen LogP contribution in [0, 0.1) is 22.8 Å². The Labute approximate surface area is 108 Å². The van der Waals surface area contributed by atoms with E-state index >= 15 is 0 Å². The predicted octanol–water partition coefficient (Wildman–Crippen LogP) is 2.71. The number of esters is 1. The maximum Gasteiger partial charge on any atom is 0.308 e. The Hall–Kier alpha value is -2.04. The van der Waals surface area contributed by atoms with Gasteiger partial charge in [0.15, 0.2) is 0 Å². The van der Waals surface area contributed by atoms with Crippen molar-refractivity contribution in [1.82, 2.24) is 0 Å². The molecule has 0 saturated carbocycles. The second-order valence-electron chi connectivity index (χ2n) is 4.92. The average Bonchev–Trinajstić information content (AvgIpc) is 2.25. The highest BCUT2D eigenvalue weighted by Gasteiger charge is 2.10. The van der Waals surface area contributed by atoms with Crippen molar-refractivity contribution in [2.24, 2.45) is 0 Å². The van der Waals surface area contributed by atoms with E-state index in [0.717, 1.165) is 0 Å². The predicted molar refractivity (Wildman–Crippen MR) is 72.7 cm³/mol. The van der Waals surface area contributed by atoms with E-state index in [9.17, 15) is 4.79 Å². The van der Waals surface area contributed by atoms with Crippen molar-refractivity contribution >= 4 is 14.0 Å². The molecule has 1 aromatic carbocycles. The topological polar surface area (TPSA) is 50.1 Å². The first kappa shape index (κ1) is 14.0. The van der Waals surface area contributed by atoms with E-state index in [1.165, 1.54) is 13.0 Å². The molecule has 1 aromatic rings. The van der Waals surface area contributed by atoms with Crippen LogP contribution in [0.15, 0.2) is 18.2 Å². The summed E-state index contributed by atoms with van der Waals surface area (Å²) in [5.41, 5.74) is 4.30. The van der Waals surface area contributed by atoms with Gasteiger partial charge in [0, 0.05) is 6.92 Å². The van der Waals surface area contributed by atoms with Crippen molar-refractivity contribution in [3.63, 3.8) is 0 Å². The van der Waals surface area contributed by atoms with Gasteiger partial charge in [-0.2, -0.15) is 5.26 Å². The molecule has 0 aliphatic carbocycles. The molecule has 0 saturated heterocycles. The molecule has 0 N–H and O–H groups in total. The molecule has 0 fully saturated rings. The number of benzene rings is 1. The van der Waals surface area contributed by atoms with Gasteiger partial charge in [-0.25, -0.2) is 0 Å². The molecule has 0 radical (unpaired) electrons. The Balaban J connectivity index is 3.21. The van der Waals surface area contributed by atoms with Gasteiger partial charge in [-0.15, -0.1) is 5.54 Å². The number of ether oxygens (including phenoxy) is 1. The van der Waals surface area contributed by atoms with Crippen LogP contribution in [0.2, 0.25) is 19.6 Å². The Bertz CT molecular complexity index is 568. The van der Waals surface area contributed by atoms with E-state index in [1.54, 1.807) is 12.1 Å². The van der Waals surface area contributed by atoms with Crippen LogP contribution >= 0.6 is 0 Å². The lowest BCUT2D eigenvalue weighted by Crippen LogP contribution is -2.16. The SMILES string of the molecule is CC(=O)Oc1cc(C#N)ccc1C#C[Si](C)(C)C. The second kappa shape index (κ2) is 5.53. The molecule has 92 valence electrons. The smallest absolute Gasteiger partial charge is 0.308 e. The summed E-state index contributed by atoms with van der Waals surface area (Å²) in [5, 5.41) is 8.83. The Kier molecular flexibility index (Phi) is 4.31. The van der Waals surface area contributed by atoms with Gasteiger partial charge < -0.3 is 4.74 Å². The fourth-order valence-electron chi connectivity index (χ4n) is 1.19. The largest absolute Gasteiger partial charge is 0.425 e. The second-order valence-corrected chi connectivity index (χ2v) is 9.67. The fourth-order valence-corrected chi connectivity index (χ4v) is 1.70. The van der Waals surface area contributed by atoms with Crippen LogP contribution in [0.5, 0.6) is 5.75 Å².